The van der Waals surface area contributed by atoms with Gasteiger partial charge in [0.2, 0.25) is 0 Å². The zero-order valence-corrected chi connectivity index (χ0v) is 18.8. The molecule has 2 heterocycles. The van der Waals surface area contributed by atoms with Crippen molar-refractivity contribution in [3.05, 3.63) is 76.0 Å². The van der Waals surface area contributed by atoms with Gasteiger partial charge in [0.1, 0.15) is 11.4 Å². The average molecular weight is 492 g/mol. The zero-order chi connectivity index (χ0) is 25.4. The molecule has 3 rings (SSSR count). The minimum absolute atomic E-state index is 0.0542. The van der Waals surface area contributed by atoms with Crippen molar-refractivity contribution in [2.24, 2.45) is 0 Å². The first kappa shape index (κ1) is 25.7. The number of hydrogen-bond acceptors (Lipinski definition) is 7. The summed E-state index contributed by atoms with van der Waals surface area (Å²) in [5, 5.41) is 7.80. The number of carbonyl (C=O) groups is 2. The van der Waals surface area contributed by atoms with Gasteiger partial charge in [-0.15, -0.1) is 18.3 Å². The molecule has 2 aromatic heterocycles. The number of ether oxygens (including phenoxy) is 2. The fourth-order valence-electron chi connectivity index (χ4n) is 3.31. The number of unbranched alkanes of at least 4 members (excludes halogenated alkanes) is 1. The summed E-state index contributed by atoms with van der Waals surface area (Å²) < 4.78 is 48.5. The van der Waals surface area contributed by atoms with Gasteiger partial charge < -0.3 is 14.0 Å². The van der Waals surface area contributed by atoms with Crippen molar-refractivity contribution in [1.82, 2.24) is 19.6 Å². The Morgan fingerprint density at radius 2 is 1.86 bits per heavy atom. The van der Waals surface area contributed by atoms with Gasteiger partial charge in [0.05, 0.1) is 18.9 Å². The Labute approximate surface area is 198 Å². The lowest BCUT2D eigenvalue weighted by Crippen LogP contribution is -2.20. The zero-order valence-electron chi connectivity index (χ0n) is 18.8. The molecule has 0 N–H and O–H groups in total. The molecule has 12 heteroatoms. The Bertz CT molecular complexity index is 1240. The number of ketones is 1. The number of methoxy groups -OCH3 is 1. The van der Waals surface area contributed by atoms with E-state index in [1.807, 2.05) is 0 Å². The van der Waals surface area contributed by atoms with Crippen molar-refractivity contribution in [3.8, 4) is 5.75 Å². The number of Topliss-reactive ketones (excluding diaryl/α,β-unsaturated/α-hetero) is 1. The maximum absolute atomic E-state index is 12.4. The molecule has 35 heavy (non-hydrogen) atoms. The van der Waals surface area contributed by atoms with E-state index in [0.717, 1.165) is 0 Å². The molecule has 0 saturated carbocycles. The summed E-state index contributed by atoms with van der Waals surface area (Å²) in [4.78, 5) is 35.9. The predicted octanol–water partition coefficient (Wildman–Crippen LogP) is 3.42. The number of alkyl halides is 3. The molecule has 1 aromatic carbocycles. The Balaban J connectivity index is 1.45. The highest BCUT2D eigenvalue weighted by molar-refractivity contribution is 5.94. The second kappa shape index (κ2) is 11.4. The Kier molecular flexibility index (Phi) is 8.39. The van der Waals surface area contributed by atoms with E-state index in [1.54, 1.807) is 6.07 Å². The molecule has 0 aliphatic carbocycles. The van der Waals surface area contributed by atoms with Gasteiger partial charge in [-0.05, 0) is 43.0 Å². The van der Waals surface area contributed by atoms with Crippen LogP contribution in [0.15, 0.2) is 53.6 Å². The highest BCUT2D eigenvalue weighted by Crippen LogP contribution is 2.23. The van der Waals surface area contributed by atoms with E-state index in [0.29, 0.717) is 31.5 Å². The number of rotatable bonds is 11. The number of aryl methyl sites for hydroxylation is 3. The van der Waals surface area contributed by atoms with Crippen molar-refractivity contribution in [2.75, 3.05) is 7.11 Å². The lowest BCUT2D eigenvalue weighted by atomic mass is 10.1. The van der Waals surface area contributed by atoms with Crippen LogP contribution in [0, 0.1) is 0 Å². The van der Waals surface area contributed by atoms with Gasteiger partial charge in [0.25, 0.3) is 5.56 Å². The largest absolute Gasteiger partial charge is 0.573 e. The Morgan fingerprint density at radius 3 is 2.57 bits per heavy atom. The molecule has 186 valence electrons. The average Bonchev–Trinajstić information content (AvgIpc) is 3.29. The van der Waals surface area contributed by atoms with Gasteiger partial charge in [-0.25, -0.2) is 4.79 Å². The van der Waals surface area contributed by atoms with E-state index in [2.05, 4.69) is 19.8 Å². The third-order valence-corrected chi connectivity index (χ3v) is 5.05. The summed E-state index contributed by atoms with van der Waals surface area (Å²) in [5.41, 5.74) is 0.581. The summed E-state index contributed by atoms with van der Waals surface area (Å²) in [6, 6.07) is 8.22. The fraction of sp³-hybridized carbons (Fsp3) is 0.348. The minimum Gasteiger partial charge on any atom is -0.465 e. The quantitative estimate of drug-likeness (QED) is 0.229. The summed E-state index contributed by atoms with van der Waals surface area (Å²) in [5.74, 6) is -1.19. The topological polar surface area (TPSA) is 105 Å². The molecule has 3 aromatic rings. The first-order valence-electron chi connectivity index (χ1n) is 10.7. The molecule has 0 fully saturated rings. The van der Waals surface area contributed by atoms with Crippen LogP contribution in [0.4, 0.5) is 13.2 Å². The number of aromatic nitrogens is 4. The van der Waals surface area contributed by atoms with Crippen LogP contribution in [-0.2, 0) is 24.2 Å². The first-order valence-corrected chi connectivity index (χ1v) is 10.7. The smallest absolute Gasteiger partial charge is 0.465 e. The monoisotopic (exact) mass is 492 g/mol. The maximum atomic E-state index is 12.4. The van der Waals surface area contributed by atoms with E-state index in [-0.39, 0.29) is 41.2 Å². The van der Waals surface area contributed by atoms with E-state index < -0.39 is 12.3 Å². The van der Waals surface area contributed by atoms with Gasteiger partial charge >= 0.3 is 12.3 Å². The van der Waals surface area contributed by atoms with E-state index in [9.17, 15) is 27.6 Å². The number of nitrogens with zero attached hydrogens (tertiary/aromatic N) is 4. The van der Waals surface area contributed by atoms with Crippen molar-refractivity contribution in [1.29, 1.82) is 0 Å². The molecule has 0 unspecified atom stereocenters. The number of halogens is 3. The molecule has 0 spiro atoms. The molecule has 0 amide bonds. The van der Waals surface area contributed by atoms with E-state index >= 15 is 0 Å². The third-order valence-electron chi connectivity index (χ3n) is 5.05. The Hall–Kier alpha value is -3.96. The maximum Gasteiger partial charge on any atom is 0.573 e. The molecule has 0 bridgehead atoms. The highest BCUT2D eigenvalue weighted by Gasteiger charge is 2.31. The van der Waals surface area contributed by atoms with Crippen LogP contribution >= 0.6 is 0 Å². The summed E-state index contributed by atoms with van der Waals surface area (Å²) in [6.07, 6.45) is -0.138. The second-order valence-electron chi connectivity index (χ2n) is 7.63. The van der Waals surface area contributed by atoms with Gasteiger partial charge in [-0.3, -0.25) is 14.3 Å². The van der Waals surface area contributed by atoms with E-state index in [1.165, 1.54) is 59.1 Å². The molecule has 0 atom stereocenters. The standard InChI is InChI=1S/C23H23F3N4O5/c1-34-22(33)17-9-12-29(21(32)14-17)10-2-3-11-30-15-19(27-28-30)20(31)8-7-16-5-4-6-18(13-16)35-23(24,25)26/h4-6,9,12-15H,2-3,7-8,10-11H2,1H3. The molecule has 0 aliphatic rings. The van der Waals surface area contributed by atoms with E-state index in [4.69, 9.17) is 0 Å². The molecular weight excluding hydrogens is 469 g/mol. The lowest BCUT2D eigenvalue weighted by Gasteiger charge is -2.09. The van der Waals surface area contributed by atoms with Crippen molar-refractivity contribution in [3.63, 3.8) is 0 Å². The molecule has 9 nitrogen and oxygen atoms in total. The Morgan fingerprint density at radius 1 is 1.09 bits per heavy atom. The van der Waals surface area contributed by atoms with Gasteiger partial charge in [0.15, 0.2) is 5.78 Å². The predicted molar refractivity (Wildman–Crippen MR) is 117 cm³/mol. The highest BCUT2D eigenvalue weighted by atomic mass is 19.4. The van der Waals surface area contributed by atoms with Crippen molar-refractivity contribution >= 4 is 11.8 Å². The van der Waals surface area contributed by atoms with Crippen molar-refractivity contribution < 1.29 is 32.2 Å². The van der Waals surface area contributed by atoms with Crippen LogP contribution in [-0.4, -0.2) is 44.8 Å². The van der Waals surface area contributed by atoms with Gasteiger partial charge in [-0.2, -0.15) is 0 Å². The van der Waals surface area contributed by atoms with Crippen LogP contribution in [0.1, 0.15) is 45.7 Å². The van der Waals surface area contributed by atoms with Crippen molar-refractivity contribution in [2.45, 2.75) is 45.1 Å². The summed E-state index contributed by atoms with van der Waals surface area (Å²) in [6.45, 7) is 0.921. The van der Waals surface area contributed by atoms with Crippen LogP contribution in [0.5, 0.6) is 5.75 Å². The number of esters is 1. The normalized spacial score (nSPS) is 11.3. The minimum atomic E-state index is -4.78. The number of carbonyl (C=O) groups excluding carboxylic acids is 2. The molecule has 0 radical (unpaired) electrons. The van der Waals surface area contributed by atoms with Crippen LogP contribution < -0.4 is 10.3 Å². The molecule has 0 aliphatic heterocycles. The summed E-state index contributed by atoms with van der Waals surface area (Å²) in [7, 11) is 1.24. The number of hydrogen-bond donors (Lipinski definition) is 0. The van der Waals surface area contributed by atoms with Crippen LogP contribution in [0.25, 0.3) is 0 Å². The van der Waals surface area contributed by atoms with Gasteiger partial charge in [0, 0.05) is 31.8 Å². The summed E-state index contributed by atoms with van der Waals surface area (Å²) >= 11 is 0. The lowest BCUT2D eigenvalue weighted by molar-refractivity contribution is -0.274. The SMILES string of the molecule is COC(=O)c1ccn(CCCCn2cc(C(=O)CCc3cccc(OC(F)(F)F)c3)nn2)c(=O)c1. The second-order valence-corrected chi connectivity index (χ2v) is 7.63. The number of pyridine rings is 1. The van der Waals surface area contributed by atoms with Gasteiger partial charge in [-0.1, -0.05) is 17.3 Å². The van der Waals surface area contributed by atoms with Crippen LogP contribution in [0.3, 0.4) is 0 Å². The first-order chi connectivity index (χ1) is 16.6. The third kappa shape index (κ3) is 7.80. The number of benzene rings is 1. The molecular formula is C23H23F3N4O5. The van der Waals surface area contributed by atoms with Crippen LogP contribution in [0.2, 0.25) is 0 Å². The fourth-order valence-corrected chi connectivity index (χ4v) is 3.31. The molecule has 0 saturated heterocycles.